The highest BCUT2D eigenvalue weighted by molar-refractivity contribution is 7.92. The van der Waals surface area contributed by atoms with Crippen LogP contribution in [0.2, 0.25) is 0 Å². The summed E-state index contributed by atoms with van der Waals surface area (Å²) in [4.78, 5) is 0. The molecule has 1 aromatic heterocycles. The van der Waals surface area contributed by atoms with Crippen LogP contribution in [0.3, 0.4) is 0 Å². The molecular weight excluding hydrogens is 484 g/mol. The average molecular weight is 525 g/mol. The predicted molar refractivity (Wildman–Crippen MR) is 155 cm³/mol. The minimum absolute atomic E-state index is 0.207. The summed E-state index contributed by atoms with van der Waals surface area (Å²) >= 11 is 0. The molecule has 2 heterocycles. The first-order valence-electron chi connectivity index (χ1n) is 12.8. The molecule has 4 rings (SSSR count). The minimum Gasteiger partial charge on any atom is -0.492 e. The van der Waals surface area contributed by atoms with E-state index < -0.39 is 10.0 Å². The van der Waals surface area contributed by atoms with Gasteiger partial charge >= 0.3 is 0 Å². The molecule has 37 heavy (non-hydrogen) atoms. The lowest BCUT2D eigenvalue weighted by atomic mass is 9.86. The van der Waals surface area contributed by atoms with E-state index in [0.717, 1.165) is 37.0 Å². The molecule has 3 aromatic rings. The first-order valence-corrected chi connectivity index (χ1v) is 14.7. The standard InChI is InChI=1S/C29H40N4O3S/c1-19(31-24-17-23(29(2,3)4)18-25(28(24)36-6)32-37(7,34)35)26-16-22-10-8-9-21(27(22)33(26)5)15-20-11-13-30-14-12-20/h8-10,16-18,20,30-32H,1,11-15H2,2-7H3. The van der Waals surface area contributed by atoms with Crippen molar-refractivity contribution in [1.82, 2.24) is 9.88 Å². The lowest BCUT2D eigenvalue weighted by Gasteiger charge is -2.24. The Morgan fingerprint density at radius 3 is 2.46 bits per heavy atom. The molecule has 0 unspecified atom stereocenters. The molecule has 200 valence electrons. The second-order valence-electron chi connectivity index (χ2n) is 11.2. The van der Waals surface area contributed by atoms with E-state index in [-0.39, 0.29) is 5.41 Å². The van der Waals surface area contributed by atoms with Crippen molar-refractivity contribution >= 4 is 38.0 Å². The monoisotopic (exact) mass is 524 g/mol. The Labute approximate surface area is 221 Å². The molecule has 3 N–H and O–H groups in total. The fourth-order valence-corrected chi connectivity index (χ4v) is 5.78. The maximum Gasteiger partial charge on any atom is 0.229 e. The van der Waals surface area contributed by atoms with E-state index in [1.165, 1.54) is 36.4 Å². The van der Waals surface area contributed by atoms with Crippen molar-refractivity contribution in [1.29, 1.82) is 0 Å². The van der Waals surface area contributed by atoms with Crippen LogP contribution in [0, 0.1) is 5.92 Å². The maximum atomic E-state index is 12.1. The van der Waals surface area contributed by atoms with E-state index in [9.17, 15) is 8.42 Å². The van der Waals surface area contributed by atoms with Gasteiger partial charge in [-0.25, -0.2) is 8.42 Å². The zero-order valence-electron chi connectivity index (χ0n) is 22.9. The van der Waals surface area contributed by atoms with E-state index >= 15 is 0 Å². The Morgan fingerprint density at radius 2 is 1.84 bits per heavy atom. The molecule has 2 aromatic carbocycles. The molecule has 0 atom stereocenters. The largest absolute Gasteiger partial charge is 0.492 e. The molecule has 0 amide bonds. The third kappa shape index (κ3) is 6.13. The number of methoxy groups -OCH3 is 1. The summed E-state index contributed by atoms with van der Waals surface area (Å²) in [7, 11) is 0.119. The molecule has 1 aliphatic heterocycles. The van der Waals surface area contributed by atoms with Crippen LogP contribution in [0.25, 0.3) is 16.6 Å². The second kappa shape index (κ2) is 10.4. The van der Waals surface area contributed by atoms with Crippen molar-refractivity contribution in [3.63, 3.8) is 0 Å². The average Bonchev–Trinajstić information content (AvgIpc) is 3.15. The summed E-state index contributed by atoms with van der Waals surface area (Å²) < 4.78 is 34.7. The van der Waals surface area contributed by atoms with E-state index in [1.807, 2.05) is 12.1 Å². The van der Waals surface area contributed by atoms with Gasteiger partial charge in [0.15, 0.2) is 5.75 Å². The Hall–Kier alpha value is -2.97. The maximum absolute atomic E-state index is 12.1. The van der Waals surface area contributed by atoms with Gasteiger partial charge < -0.3 is 19.9 Å². The normalized spacial score (nSPS) is 15.1. The summed E-state index contributed by atoms with van der Waals surface area (Å²) in [5.41, 5.74) is 6.08. The summed E-state index contributed by atoms with van der Waals surface area (Å²) in [5, 5.41) is 8.07. The summed E-state index contributed by atoms with van der Waals surface area (Å²) in [5.74, 6) is 1.11. The lowest BCUT2D eigenvalue weighted by Crippen LogP contribution is -2.28. The van der Waals surface area contributed by atoms with E-state index in [1.54, 1.807) is 0 Å². The van der Waals surface area contributed by atoms with Crippen molar-refractivity contribution < 1.29 is 13.2 Å². The molecule has 0 bridgehead atoms. The highest BCUT2D eigenvalue weighted by Crippen LogP contribution is 2.40. The Bertz CT molecular complexity index is 1410. The van der Waals surface area contributed by atoms with Gasteiger partial charge in [0, 0.05) is 12.4 Å². The number of anilines is 2. The van der Waals surface area contributed by atoms with Gasteiger partial charge in [0.2, 0.25) is 10.0 Å². The number of benzene rings is 2. The fraction of sp³-hybridized carbons (Fsp3) is 0.448. The quantitative estimate of drug-likeness (QED) is 0.363. The van der Waals surface area contributed by atoms with E-state index in [0.29, 0.717) is 28.7 Å². The van der Waals surface area contributed by atoms with Crippen LogP contribution in [0.1, 0.15) is 50.4 Å². The summed E-state index contributed by atoms with van der Waals surface area (Å²) in [6.07, 6.45) is 4.61. The summed E-state index contributed by atoms with van der Waals surface area (Å²) in [6, 6.07) is 12.5. The van der Waals surface area contributed by atoms with E-state index in [4.69, 9.17) is 4.74 Å². The molecule has 0 radical (unpaired) electrons. The molecule has 1 fully saturated rings. The number of ether oxygens (including phenoxy) is 1. The van der Waals surface area contributed by atoms with Gasteiger partial charge in [0.05, 0.1) is 41.6 Å². The predicted octanol–water partition coefficient (Wildman–Crippen LogP) is 5.48. The number of sulfonamides is 1. The number of hydrogen-bond donors (Lipinski definition) is 3. The van der Waals surface area contributed by atoms with Crippen molar-refractivity contribution in [3.05, 3.63) is 59.8 Å². The number of aryl methyl sites for hydroxylation is 1. The van der Waals surface area contributed by atoms with Crippen LogP contribution in [0.5, 0.6) is 5.75 Å². The Balaban J connectivity index is 1.72. The number of piperidine rings is 1. The topological polar surface area (TPSA) is 84.4 Å². The first-order chi connectivity index (χ1) is 17.4. The number of fused-ring (bicyclic) bond motifs is 1. The Morgan fingerprint density at radius 1 is 1.16 bits per heavy atom. The number of hydrogen-bond acceptors (Lipinski definition) is 5. The Kier molecular flexibility index (Phi) is 7.62. The van der Waals surface area contributed by atoms with Gasteiger partial charge in [-0.15, -0.1) is 0 Å². The SMILES string of the molecule is C=C(Nc1cc(C(C)(C)C)cc(NS(C)(=O)=O)c1OC)c1cc2cccc(CC3CCNCC3)c2n1C. The summed E-state index contributed by atoms with van der Waals surface area (Å²) in [6.45, 7) is 12.8. The van der Waals surface area contributed by atoms with Crippen molar-refractivity contribution in [2.75, 3.05) is 36.5 Å². The number of nitrogens with one attached hydrogen (secondary N) is 3. The zero-order valence-corrected chi connectivity index (χ0v) is 23.7. The number of para-hydroxylation sites is 1. The third-order valence-corrected chi connectivity index (χ3v) is 7.75. The van der Waals surface area contributed by atoms with Crippen LogP contribution in [-0.2, 0) is 28.9 Å². The lowest BCUT2D eigenvalue weighted by molar-refractivity contribution is 0.373. The highest BCUT2D eigenvalue weighted by Gasteiger charge is 2.23. The van der Waals surface area contributed by atoms with Gasteiger partial charge in [-0.2, -0.15) is 0 Å². The minimum atomic E-state index is -3.50. The molecule has 1 aliphatic rings. The molecule has 1 saturated heterocycles. The number of rotatable bonds is 8. The number of nitrogens with zero attached hydrogens (tertiary/aromatic N) is 1. The van der Waals surface area contributed by atoms with Gasteiger partial charge in [0.1, 0.15) is 0 Å². The fourth-order valence-electron chi connectivity index (χ4n) is 5.23. The van der Waals surface area contributed by atoms with Crippen molar-refractivity contribution in [3.8, 4) is 5.75 Å². The van der Waals surface area contributed by atoms with Crippen LogP contribution < -0.4 is 20.1 Å². The van der Waals surface area contributed by atoms with Crippen LogP contribution >= 0.6 is 0 Å². The van der Waals surface area contributed by atoms with Gasteiger partial charge in [0.25, 0.3) is 0 Å². The van der Waals surface area contributed by atoms with E-state index in [2.05, 4.69) is 78.6 Å². The second-order valence-corrected chi connectivity index (χ2v) is 12.9. The number of aromatic nitrogens is 1. The molecule has 0 saturated carbocycles. The van der Waals surface area contributed by atoms with Crippen LogP contribution in [0.4, 0.5) is 11.4 Å². The third-order valence-electron chi connectivity index (χ3n) is 7.16. The molecular formula is C29H40N4O3S. The molecule has 8 heteroatoms. The van der Waals surface area contributed by atoms with Crippen LogP contribution in [0.15, 0.2) is 43.0 Å². The van der Waals surface area contributed by atoms with Crippen LogP contribution in [-0.4, -0.2) is 39.4 Å². The first kappa shape index (κ1) is 27.1. The molecule has 0 aliphatic carbocycles. The van der Waals surface area contributed by atoms with Gasteiger partial charge in [-0.1, -0.05) is 45.5 Å². The van der Waals surface area contributed by atoms with Gasteiger partial charge in [-0.3, -0.25) is 4.72 Å². The highest BCUT2D eigenvalue weighted by atomic mass is 32.2. The van der Waals surface area contributed by atoms with Crippen molar-refractivity contribution in [2.24, 2.45) is 13.0 Å². The zero-order chi connectivity index (χ0) is 27.0. The molecule has 0 spiro atoms. The van der Waals surface area contributed by atoms with Gasteiger partial charge in [-0.05, 0) is 73.0 Å². The van der Waals surface area contributed by atoms with Crippen molar-refractivity contribution in [2.45, 2.75) is 45.4 Å². The smallest absolute Gasteiger partial charge is 0.229 e. The molecule has 7 nitrogen and oxygen atoms in total.